The predicted octanol–water partition coefficient (Wildman–Crippen LogP) is 2.26. The number of nitrogens with zero attached hydrogens (tertiary/aromatic N) is 1. The van der Waals surface area contributed by atoms with Crippen molar-refractivity contribution in [2.75, 3.05) is 5.73 Å². The van der Waals surface area contributed by atoms with Crippen LogP contribution >= 0.6 is 11.3 Å². The average Bonchev–Trinajstić information content (AvgIpc) is 2.43. The number of benzene rings is 1. The Hall–Kier alpha value is -1.09. The lowest BCUT2D eigenvalue weighted by Crippen LogP contribution is -1.79. The van der Waals surface area contributed by atoms with Crippen LogP contribution in [0.5, 0.6) is 0 Å². The summed E-state index contributed by atoms with van der Waals surface area (Å²) in [5.41, 5.74) is 7.78. The Labute approximate surface area is 75.0 Å². The molecule has 61 valence electrons. The summed E-state index contributed by atoms with van der Waals surface area (Å²) < 4.78 is 1.15. The van der Waals surface area contributed by atoms with Crippen LogP contribution in [0.15, 0.2) is 18.2 Å². The molecule has 0 saturated carbocycles. The van der Waals surface area contributed by atoms with E-state index < -0.39 is 0 Å². The molecule has 2 nitrogen and oxygen atoms in total. The van der Waals surface area contributed by atoms with Crippen molar-refractivity contribution < 1.29 is 0 Å². The summed E-state index contributed by atoms with van der Waals surface area (Å²) in [5, 5.41) is 0.631. The van der Waals surface area contributed by atoms with E-state index in [1.807, 2.05) is 12.1 Å². The summed E-state index contributed by atoms with van der Waals surface area (Å²) in [6, 6.07) is 6.12. The molecular weight excluding hydrogens is 168 g/mol. The second-order valence-corrected chi connectivity index (χ2v) is 3.67. The number of aromatic nitrogens is 1. The summed E-state index contributed by atoms with van der Waals surface area (Å²) in [4.78, 5) is 4.16. The van der Waals surface area contributed by atoms with Gasteiger partial charge in [0.05, 0.1) is 10.2 Å². The van der Waals surface area contributed by atoms with Crippen LogP contribution < -0.4 is 5.73 Å². The fourth-order valence-corrected chi connectivity index (χ4v) is 1.94. The smallest absolute Gasteiger partial charge is 0.181 e. The van der Waals surface area contributed by atoms with Crippen LogP contribution in [-0.2, 0) is 6.42 Å². The molecule has 0 atom stereocenters. The van der Waals surface area contributed by atoms with Crippen molar-refractivity contribution >= 4 is 26.7 Å². The lowest BCUT2D eigenvalue weighted by Gasteiger charge is -1.93. The Bertz CT molecular complexity index is 406. The van der Waals surface area contributed by atoms with Crippen molar-refractivity contribution in [2.24, 2.45) is 0 Å². The van der Waals surface area contributed by atoms with E-state index in [9.17, 15) is 0 Å². The number of rotatable bonds is 1. The largest absolute Gasteiger partial charge is 0.375 e. The van der Waals surface area contributed by atoms with E-state index in [1.165, 1.54) is 16.9 Å². The minimum absolute atomic E-state index is 0.631. The third-order valence-corrected chi connectivity index (χ3v) is 2.61. The first-order valence-corrected chi connectivity index (χ1v) is 4.55. The number of nitrogens with two attached hydrogens (primary N) is 1. The third-order valence-electron chi connectivity index (χ3n) is 1.76. The Morgan fingerprint density at radius 1 is 1.50 bits per heavy atom. The fraction of sp³-hybridized carbons (Fsp3) is 0.111. The summed E-state index contributed by atoms with van der Waals surface area (Å²) in [6.07, 6.45) is 0.813. The van der Waals surface area contributed by atoms with Crippen molar-refractivity contribution in [3.8, 4) is 0 Å². The van der Waals surface area contributed by atoms with Crippen LogP contribution in [0.2, 0.25) is 0 Å². The standard InChI is InChI=1S/C9H9N2S/c1-2-6-3-4-7-8(5-6)12-9(10)11-7/h3-5H,1-2H2,(H2,10,11). The average molecular weight is 177 g/mol. The van der Waals surface area contributed by atoms with Crippen molar-refractivity contribution in [1.29, 1.82) is 0 Å². The molecule has 1 radical (unpaired) electrons. The lowest BCUT2D eigenvalue weighted by atomic mass is 10.2. The minimum Gasteiger partial charge on any atom is -0.375 e. The van der Waals surface area contributed by atoms with Gasteiger partial charge in [-0.05, 0) is 31.0 Å². The molecule has 0 unspecified atom stereocenters. The van der Waals surface area contributed by atoms with Crippen LogP contribution in [0, 0.1) is 6.92 Å². The van der Waals surface area contributed by atoms with Crippen LogP contribution in [0.3, 0.4) is 0 Å². The Kier molecular flexibility index (Phi) is 1.73. The van der Waals surface area contributed by atoms with Crippen LogP contribution in [0.25, 0.3) is 10.2 Å². The number of nitrogen functional groups attached to an aromatic ring is 1. The molecule has 0 bridgehead atoms. The van der Waals surface area contributed by atoms with Gasteiger partial charge in [-0.15, -0.1) is 0 Å². The van der Waals surface area contributed by atoms with Crippen LogP contribution in [0.1, 0.15) is 5.56 Å². The molecule has 0 spiro atoms. The van der Waals surface area contributed by atoms with Gasteiger partial charge >= 0.3 is 0 Å². The van der Waals surface area contributed by atoms with E-state index in [1.54, 1.807) is 0 Å². The highest BCUT2D eigenvalue weighted by Crippen LogP contribution is 2.24. The normalized spacial score (nSPS) is 10.8. The highest BCUT2D eigenvalue weighted by molar-refractivity contribution is 7.22. The third kappa shape index (κ3) is 1.16. The summed E-state index contributed by atoms with van der Waals surface area (Å²) in [5.74, 6) is 0. The van der Waals surface area contributed by atoms with Gasteiger partial charge in [-0.25, -0.2) is 4.98 Å². The minimum atomic E-state index is 0.631. The summed E-state index contributed by atoms with van der Waals surface area (Å²) >= 11 is 1.52. The van der Waals surface area contributed by atoms with E-state index in [4.69, 9.17) is 5.73 Å². The lowest BCUT2D eigenvalue weighted by molar-refractivity contribution is 1.28. The molecule has 1 heterocycles. The van der Waals surface area contributed by atoms with Crippen molar-refractivity contribution in [1.82, 2.24) is 4.98 Å². The van der Waals surface area contributed by atoms with E-state index in [2.05, 4.69) is 18.0 Å². The van der Waals surface area contributed by atoms with Gasteiger partial charge in [0.15, 0.2) is 5.13 Å². The topological polar surface area (TPSA) is 38.9 Å². The van der Waals surface area contributed by atoms with E-state index in [0.29, 0.717) is 5.13 Å². The van der Waals surface area contributed by atoms with E-state index >= 15 is 0 Å². The Morgan fingerprint density at radius 3 is 3.08 bits per heavy atom. The van der Waals surface area contributed by atoms with Gasteiger partial charge in [0.1, 0.15) is 0 Å². The highest BCUT2D eigenvalue weighted by atomic mass is 32.1. The highest BCUT2D eigenvalue weighted by Gasteiger charge is 2.00. The van der Waals surface area contributed by atoms with E-state index in [0.717, 1.165) is 16.6 Å². The van der Waals surface area contributed by atoms with Gasteiger partial charge in [-0.3, -0.25) is 0 Å². The van der Waals surface area contributed by atoms with Crippen LogP contribution in [-0.4, -0.2) is 4.98 Å². The number of thiazole rings is 1. The fourth-order valence-electron chi connectivity index (χ4n) is 1.14. The zero-order valence-electron chi connectivity index (χ0n) is 6.58. The molecule has 0 aliphatic heterocycles. The van der Waals surface area contributed by atoms with Gasteiger partial charge in [0.2, 0.25) is 0 Å². The maximum atomic E-state index is 5.57. The van der Waals surface area contributed by atoms with Gasteiger partial charge < -0.3 is 5.73 Å². The first-order valence-electron chi connectivity index (χ1n) is 3.74. The first kappa shape index (κ1) is 7.55. The molecule has 0 saturated heterocycles. The Balaban J connectivity index is 2.66. The molecule has 0 fully saturated rings. The molecule has 1 aromatic heterocycles. The van der Waals surface area contributed by atoms with Crippen molar-refractivity contribution in [3.05, 3.63) is 30.7 Å². The number of fused-ring (bicyclic) bond motifs is 1. The summed E-state index contributed by atoms with van der Waals surface area (Å²) in [6.45, 7) is 3.82. The Morgan fingerprint density at radius 2 is 2.33 bits per heavy atom. The molecule has 1 aromatic carbocycles. The van der Waals surface area contributed by atoms with E-state index in [-0.39, 0.29) is 0 Å². The second kappa shape index (κ2) is 2.75. The van der Waals surface area contributed by atoms with Crippen molar-refractivity contribution in [2.45, 2.75) is 6.42 Å². The molecule has 0 aliphatic carbocycles. The first-order chi connectivity index (χ1) is 5.79. The van der Waals surface area contributed by atoms with Crippen LogP contribution in [0.4, 0.5) is 5.13 Å². The molecule has 2 N–H and O–H groups in total. The quantitative estimate of drug-likeness (QED) is 0.725. The molecular formula is C9H9N2S. The maximum Gasteiger partial charge on any atom is 0.181 e. The second-order valence-electron chi connectivity index (χ2n) is 2.60. The SMILES string of the molecule is [CH2]Cc1ccc2nc(N)sc2c1. The summed E-state index contributed by atoms with van der Waals surface area (Å²) in [7, 11) is 0. The van der Waals surface area contributed by atoms with Gasteiger partial charge in [0.25, 0.3) is 0 Å². The molecule has 0 aliphatic rings. The van der Waals surface area contributed by atoms with Gasteiger partial charge in [0, 0.05) is 0 Å². The van der Waals surface area contributed by atoms with Gasteiger partial charge in [-0.2, -0.15) is 0 Å². The number of hydrogen-bond donors (Lipinski definition) is 1. The number of hydrogen-bond acceptors (Lipinski definition) is 3. The van der Waals surface area contributed by atoms with Crippen molar-refractivity contribution in [3.63, 3.8) is 0 Å². The molecule has 2 aromatic rings. The number of anilines is 1. The zero-order valence-corrected chi connectivity index (χ0v) is 7.40. The molecule has 2 rings (SSSR count). The molecule has 3 heteroatoms. The molecule has 0 amide bonds. The zero-order chi connectivity index (χ0) is 8.55. The predicted molar refractivity (Wildman–Crippen MR) is 53.1 cm³/mol. The molecule has 12 heavy (non-hydrogen) atoms. The van der Waals surface area contributed by atoms with Gasteiger partial charge in [-0.1, -0.05) is 17.4 Å². The monoisotopic (exact) mass is 177 g/mol. The maximum absolute atomic E-state index is 5.57.